The summed E-state index contributed by atoms with van der Waals surface area (Å²) in [7, 11) is 1.65. The van der Waals surface area contributed by atoms with Gasteiger partial charge < -0.3 is 19.3 Å². The maximum absolute atomic E-state index is 13.4. The summed E-state index contributed by atoms with van der Waals surface area (Å²) in [5, 5.41) is 10.6. The zero-order chi connectivity index (χ0) is 20.4. The number of rotatable bonds is 6. The van der Waals surface area contributed by atoms with Crippen LogP contribution in [0.5, 0.6) is 0 Å². The third-order valence-electron chi connectivity index (χ3n) is 5.71. The summed E-state index contributed by atoms with van der Waals surface area (Å²) < 4.78 is 7.21. The second-order valence-electron chi connectivity index (χ2n) is 7.42. The van der Waals surface area contributed by atoms with Crippen molar-refractivity contribution in [2.45, 2.75) is 12.5 Å². The van der Waals surface area contributed by atoms with Crippen LogP contribution in [0.1, 0.15) is 21.8 Å². The van der Waals surface area contributed by atoms with Gasteiger partial charge in [0.1, 0.15) is 0 Å². The molecule has 3 aromatic rings. The van der Waals surface area contributed by atoms with Gasteiger partial charge in [-0.3, -0.25) is 9.59 Å². The molecule has 1 aliphatic heterocycles. The Morgan fingerprint density at radius 2 is 1.79 bits per heavy atom. The lowest BCUT2D eigenvalue weighted by molar-refractivity contribution is -0.141. The van der Waals surface area contributed by atoms with Crippen LogP contribution in [-0.4, -0.2) is 53.3 Å². The largest absolute Gasteiger partial charge is 0.481 e. The van der Waals surface area contributed by atoms with E-state index in [0.29, 0.717) is 25.3 Å². The first-order valence-corrected chi connectivity index (χ1v) is 9.74. The molecule has 1 N–H and O–H groups in total. The van der Waals surface area contributed by atoms with Gasteiger partial charge >= 0.3 is 5.97 Å². The number of methoxy groups -OCH3 is 1. The second kappa shape index (κ2) is 8.09. The van der Waals surface area contributed by atoms with Crippen molar-refractivity contribution in [3.63, 3.8) is 0 Å². The van der Waals surface area contributed by atoms with Crippen LogP contribution in [0.4, 0.5) is 0 Å². The number of aliphatic carboxylic acids is 1. The van der Waals surface area contributed by atoms with Gasteiger partial charge in [0.05, 0.1) is 18.1 Å². The second-order valence-corrected chi connectivity index (χ2v) is 7.42. The van der Waals surface area contributed by atoms with E-state index in [4.69, 9.17) is 4.74 Å². The molecule has 1 amide bonds. The molecule has 2 unspecified atom stereocenters. The van der Waals surface area contributed by atoms with Gasteiger partial charge in [-0.1, -0.05) is 48.5 Å². The normalized spacial score (nSPS) is 19.0. The lowest BCUT2D eigenvalue weighted by atomic mass is 9.89. The Morgan fingerprint density at radius 1 is 1.07 bits per heavy atom. The fourth-order valence-electron chi connectivity index (χ4n) is 4.22. The number of carboxylic acid groups (broad SMARTS) is 1. The first-order valence-electron chi connectivity index (χ1n) is 9.74. The van der Waals surface area contributed by atoms with Gasteiger partial charge in [-0.15, -0.1) is 0 Å². The predicted molar refractivity (Wildman–Crippen MR) is 110 cm³/mol. The lowest BCUT2D eigenvalue weighted by Crippen LogP contribution is -2.29. The summed E-state index contributed by atoms with van der Waals surface area (Å²) in [5.74, 6) is -1.80. The lowest BCUT2D eigenvalue weighted by Gasteiger charge is -2.16. The molecule has 6 nitrogen and oxygen atoms in total. The van der Waals surface area contributed by atoms with E-state index >= 15 is 0 Å². The van der Waals surface area contributed by atoms with E-state index in [2.05, 4.69) is 0 Å². The van der Waals surface area contributed by atoms with Gasteiger partial charge in [0, 0.05) is 49.8 Å². The zero-order valence-electron chi connectivity index (χ0n) is 16.3. The Labute approximate surface area is 169 Å². The minimum absolute atomic E-state index is 0.123. The molecule has 150 valence electrons. The number of hydrogen-bond donors (Lipinski definition) is 1. The number of ether oxygens (including phenoxy) is 1. The van der Waals surface area contributed by atoms with Crippen molar-refractivity contribution >= 4 is 22.8 Å². The SMILES string of the molecule is COCCn1cc(C(=O)N2CC(C(=O)O)C(c3ccccc3)C2)c2ccccc21. The number of likely N-dealkylation sites (tertiary alicyclic amines) is 1. The van der Waals surface area contributed by atoms with Gasteiger partial charge in [0.2, 0.25) is 0 Å². The van der Waals surface area contributed by atoms with Gasteiger partial charge in [-0.05, 0) is 11.6 Å². The Hall–Kier alpha value is -3.12. The molecular weight excluding hydrogens is 368 g/mol. The van der Waals surface area contributed by atoms with Crippen LogP contribution in [0.2, 0.25) is 0 Å². The summed E-state index contributed by atoms with van der Waals surface area (Å²) in [4.78, 5) is 26.9. The highest BCUT2D eigenvalue weighted by Crippen LogP contribution is 2.34. The number of aromatic nitrogens is 1. The molecule has 0 saturated carbocycles. The molecule has 2 atom stereocenters. The number of carbonyl (C=O) groups excluding carboxylic acids is 1. The zero-order valence-corrected chi connectivity index (χ0v) is 16.3. The summed E-state index contributed by atoms with van der Waals surface area (Å²) in [6, 6.07) is 17.4. The van der Waals surface area contributed by atoms with Crippen molar-refractivity contribution in [3.05, 3.63) is 71.9 Å². The molecule has 1 aromatic heterocycles. The number of benzene rings is 2. The summed E-state index contributed by atoms with van der Waals surface area (Å²) >= 11 is 0. The highest BCUT2D eigenvalue weighted by molar-refractivity contribution is 6.07. The maximum Gasteiger partial charge on any atom is 0.308 e. The molecule has 1 aliphatic rings. The Bertz CT molecular complexity index is 1030. The average Bonchev–Trinajstić information content (AvgIpc) is 3.35. The third-order valence-corrected chi connectivity index (χ3v) is 5.71. The molecule has 4 rings (SSSR count). The Kier molecular flexibility index (Phi) is 5.36. The molecule has 2 aromatic carbocycles. The van der Waals surface area contributed by atoms with Crippen LogP contribution >= 0.6 is 0 Å². The number of hydrogen-bond acceptors (Lipinski definition) is 3. The van der Waals surface area contributed by atoms with E-state index in [1.165, 1.54) is 0 Å². The number of para-hydroxylation sites is 1. The van der Waals surface area contributed by atoms with Gasteiger partial charge in [-0.2, -0.15) is 0 Å². The van der Waals surface area contributed by atoms with Crippen LogP contribution in [0, 0.1) is 5.92 Å². The molecule has 0 radical (unpaired) electrons. The van der Waals surface area contributed by atoms with E-state index in [9.17, 15) is 14.7 Å². The first kappa shape index (κ1) is 19.2. The first-order chi connectivity index (χ1) is 14.1. The van der Waals surface area contributed by atoms with E-state index in [-0.39, 0.29) is 18.4 Å². The van der Waals surface area contributed by atoms with Crippen molar-refractivity contribution in [1.29, 1.82) is 0 Å². The quantitative estimate of drug-likeness (QED) is 0.699. The molecule has 1 saturated heterocycles. The van der Waals surface area contributed by atoms with Crippen LogP contribution in [-0.2, 0) is 16.1 Å². The molecule has 0 bridgehead atoms. The minimum Gasteiger partial charge on any atom is -0.481 e. The third kappa shape index (κ3) is 3.63. The minimum atomic E-state index is -0.864. The molecule has 29 heavy (non-hydrogen) atoms. The van der Waals surface area contributed by atoms with Gasteiger partial charge in [-0.25, -0.2) is 0 Å². The van der Waals surface area contributed by atoms with Crippen molar-refractivity contribution in [2.24, 2.45) is 5.92 Å². The highest BCUT2D eigenvalue weighted by Gasteiger charge is 2.41. The van der Waals surface area contributed by atoms with Crippen LogP contribution < -0.4 is 0 Å². The molecule has 6 heteroatoms. The van der Waals surface area contributed by atoms with Crippen LogP contribution in [0.15, 0.2) is 60.8 Å². The van der Waals surface area contributed by atoms with Crippen LogP contribution in [0.25, 0.3) is 10.9 Å². The number of nitrogens with zero attached hydrogens (tertiary/aromatic N) is 2. The smallest absolute Gasteiger partial charge is 0.308 e. The van der Waals surface area contributed by atoms with Crippen molar-refractivity contribution in [2.75, 3.05) is 26.8 Å². The molecule has 0 aliphatic carbocycles. The predicted octanol–water partition coefficient (Wildman–Crippen LogP) is 3.23. The standard InChI is InChI=1S/C23H24N2O4/c1-29-12-11-24-14-19(17-9-5-6-10-21(17)24)22(26)25-13-18(20(15-25)23(27)28)16-7-3-2-4-8-16/h2-10,14,18,20H,11-13,15H2,1H3,(H,27,28). The maximum atomic E-state index is 13.4. The number of carbonyl (C=O) groups is 2. The van der Waals surface area contributed by atoms with Crippen molar-refractivity contribution in [3.8, 4) is 0 Å². The van der Waals surface area contributed by atoms with E-state index < -0.39 is 11.9 Å². The number of amides is 1. The summed E-state index contributed by atoms with van der Waals surface area (Å²) in [5.41, 5.74) is 2.54. The molecular formula is C23H24N2O4. The monoisotopic (exact) mass is 392 g/mol. The highest BCUT2D eigenvalue weighted by atomic mass is 16.5. The van der Waals surface area contributed by atoms with Gasteiger partial charge in [0.15, 0.2) is 0 Å². The average molecular weight is 392 g/mol. The topological polar surface area (TPSA) is 71.8 Å². The fraction of sp³-hybridized carbons (Fsp3) is 0.304. The number of fused-ring (bicyclic) bond motifs is 1. The summed E-state index contributed by atoms with van der Waals surface area (Å²) in [6.45, 7) is 1.81. The fourth-order valence-corrected chi connectivity index (χ4v) is 4.22. The Balaban J connectivity index is 1.66. The molecule has 2 heterocycles. The summed E-state index contributed by atoms with van der Waals surface area (Å²) in [6.07, 6.45) is 1.86. The van der Waals surface area contributed by atoms with Gasteiger partial charge in [0.25, 0.3) is 5.91 Å². The van der Waals surface area contributed by atoms with Crippen molar-refractivity contribution in [1.82, 2.24) is 9.47 Å². The van der Waals surface area contributed by atoms with E-state index in [1.54, 1.807) is 12.0 Å². The van der Waals surface area contributed by atoms with Crippen molar-refractivity contribution < 1.29 is 19.4 Å². The van der Waals surface area contributed by atoms with E-state index in [1.807, 2.05) is 65.4 Å². The molecule has 0 spiro atoms. The van der Waals surface area contributed by atoms with E-state index in [0.717, 1.165) is 16.5 Å². The van der Waals surface area contributed by atoms with Crippen LogP contribution in [0.3, 0.4) is 0 Å². The Morgan fingerprint density at radius 3 is 2.52 bits per heavy atom. The number of carboxylic acids is 1. The molecule has 1 fully saturated rings.